The van der Waals surface area contributed by atoms with Gasteiger partial charge in [0.25, 0.3) is 0 Å². The van der Waals surface area contributed by atoms with Crippen molar-refractivity contribution in [3.63, 3.8) is 0 Å². The molecule has 4 rings (SSSR count). The molecule has 2 aromatic carbocycles. The lowest BCUT2D eigenvalue weighted by atomic mass is 10.0. The summed E-state index contributed by atoms with van der Waals surface area (Å²) in [7, 11) is 0. The molecule has 0 unspecified atom stereocenters. The van der Waals surface area contributed by atoms with Crippen molar-refractivity contribution in [1.82, 2.24) is 4.40 Å². The number of carbonyl (C=O) groups excluding carboxylic acids is 2. The van der Waals surface area contributed by atoms with Crippen LogP contribution in [0, 0.1) is 0 Å². The van der Waals surface area contributed by atoms with Crippen molar-refractivity contribution in [2.24, 2.45) is 0 Å². The van der Waals surface area contributed by atoms with Gasteiger partial charge in [0.05, 0.1) is 5.69 Å². The first-order chi connectivity index (χ1) is 12.2. The van der Waals surface area contributed by atoms with E-state index in [1.165, 1.54) is 0 Å². The van der Waals surface area contributed by atoms with Crippen molar-refractivity contribution >= 4 is 17.1 Å². The molecule has 2 aromatic heterocycles. The molecule has 0 spiro atoms. The van der Waals surface area contributed by atoms with Gasteiger partial charge in [0.2, 0.25) is 5.78 Å². The average Bonchev–Trinajstić information content (AvgIpc) is 3.11. The van der Waals surface area contributed by atoms with E-state index in [-0.39, 0.29) is 11.6 Å². The van der Waals surface area contributed by atoms with E-state index in [1.807, 2.05) is 52.9 Å². The monoisotopic (exact) mass is 325 g/mol. The Morgan fingerprint density at radius 2 is 1.20 bits per heavy atom. The van der Waals surface area contributed by atoms with Gasteiger partial charge in [0.1, 0.15) is 0 Å². The quantitative estimate of drug-likeness (QED) is 0.522. The average molecular weight is 325 g/mol. The van der Waals surface area contributed by atoms with Crippen molar-refractivity contribution < 1.29 is 9.59 Å². The van der Waals surface area contributed by atoms with Gasteiger partial charge in [-0.15, -0.1) is 0 Å². The number of ketones is 2. The topological polar surface area (TPSA) is 38.5 Å². The van der Waals surface area contributed by atoms with Crippen LogP contribution in [0.25, 0.3) is 5.52 Å². The summed E-state index contributed by atoms with van der Waals surface area (Å²) in [5, 5.41) is 0. The Labute approximate surface area is 145 Å². The van der Waals surface area contributed by atoms with Crippen molar-refractivity contribution in [1.29, 1.82) is 0 Å². The molecule has 0 amide bonds. The van der Waals surface area contributed by atoms with Crippen molar-refractivity contribution in [3.05, 3.63) is 114 Å². The molecule has 0 aliphatic carbocycles. The molecule has 0 fully saturated rings. The Hall–Kier alpha value is -3.46. The molecule has 0 aliphatic heterocycles. The lowest BCUT2D eigenvalue weighted by molar-refractivity contribution is 0.102. The van der Waals surface area contributed by atoms with Crippen LogP contribution in [0.2, 0.25) is 0 Å². The lowest BCUT2D eigenvalue weighted by Crippen LogP contribution is -2.06. The molecule has 0 saturated heterocycles. The van der Waals surface area contributed by atoms with E-state index in [0.717, 1.165) is 5.52 Å². The Morgan fingerprint density at radius 1 is 0.600 bits per heavy atom. The number of fused-ring (bicyclic) bond motifs is 1. The van der Waals surface area contributed by atoms with Crippen LogP contribution in [0.5, 0.6) is 0 Å². The van der Waals surface area contributed by atoms with Crippen molar-refractivity contribution in [2.75, 3.05) is 0 Å². The second-order valence-electron chi connectivity index (χ2n) is 5.82. The predicted octanol–water partition coefficient (Wildman–Crippen LogP) is 4.40. The predicted molar refractivity (Wildman–Crippen MR) is 97.1 cm³/mol. The first-order valence-electron chi connectivity index (χ1n) is 8.05. The SMILES string of the molecule is O=C(c1ccccc1)c1ccn2c(C(=O)c3ccccc3)ccc2c1. The molecule has 4 aromatic rings. The minimum absolute atomic E-state index is 0.0276. The maximum absolute atomic E-state index is 12.7. The smallest absolute Gasteiger partial charge is 0.209 e. The van der Waals surface area contributed by atoms with E-state index in [0.29, 0.717) is 22.4 Å². The third kappa shape index (κ3) is 2.76. The van der Waals surface area contributed by atoms with Gasteiger partial charge in [-0.05, 0) is 24.3 Å². The summed E-state index contributed by atoms with van der Waals surface area (Å²) in [6.45, 7) is 0. The van der Waals surface area contributed by atoms with Crippen LogP contribution in [0.15, 0.2) is 91.1 Å². The Bertz CT molecular complexity index is 1060. The highest BCUT2D eigenvalue weighted by molar-refractivity contribution is 6.10. The van der Waals surface area contributed by atoms with E-state index in [1.54, 1.807) is 42.6 Å². The van der Waals surface area contributed by atoms with E-state index >= 15 is 0 Å². The summed E-state index contributed by atoms with van der Waals surface area (Å²) >= 11 is 0. The molecule has 3 nitrogen and oxygen atoms in total. The van der Waals surface area contributed by atoms with Crippen LogP contribution in [-0.2, 0) is 0 Å². The molecule has 25 heavy (non-hydrogen) atoms. The zero-order valence-corrected chi connectivity index (χ0v) is 13.4. The van der Waals surface area contributed by atoms with Gasteiger partial charge >= 0.3 is 0 Å². The molecule has 0 bridgehead atoms. The summed E-state index contributed by atoms with van der Waals surface area (Å²) in [5.41, 5.74) is 3.31. The number of hydrogen-bond acceptors (Lipinski definition) is 2. The maximum Gasteiger partial charge on any atom is 0.209 e. The van der Waals surface area contributed by atoms with Crippen molar-refractivity contribution in [2.45, 2.75) is 0 Å². The fourth-order valence-corrected chi connectivity index (χ4v) is 2.93. The second kappa shape index (κ2) is 6.21. The normalized spacial score (nSPS) is 10.7. The van der Waals surface area contributed by atoms with Crippen molar-refractivity contribution in [3.8, 4) is 0 Å². The highest BCUT2D eigenvalue weighted by atomic mass is 16.1. The zero-order valence-electron chi connectivity index (χ0n) is 13.4. The van der Waals surface area contributed by atoms with Crippen LogP contribution < -0.4 is 0 Å². The highest BCUT2D eigenvalue weighted by Gasteiger charge is 2.15. The van der Waals surface area contributed by atoms with Gasteiger partial charge in [-0.25, -0.2) is 0 Å². The van der Waals surface area contributed by atoms with Gasteiger partial charge < -0.3 is 4.40 Å². The molecule has 0 aliphatic rings. The molecule has 120 valence electrons. The molecular weight excluding hydrogens is 310 g/mol. The standard InChI is InChI=1S/C22H15NO2/c24-21(16-7-3-1-4-8-16)18-13-14-23-19(15-18)11-12-20(23)22(25)17-9-5-2-6-10-17/h1-15H. The lowest BCUT2D eigenvalue weighted by Gasteiger charge is -2.05. The fourth-order valence-electron chi connectivity index (χ4n) is 2.93. The van der Waals surface area contributed by atoms with Crippen LogP contribution in [0.1, 0.15) is 32.0 Å². The summed E-state index contributed by atoms with van der Waals surface area (Å²) in [4.78, 5) is 25.2. The van der Waals surface area contributed by atoms with Gasteiger partial charge in [0.15, 0.2) is 5.78 Å². The summed E-state index contributed by atoms with van der Waals surface area (Å²) < 4.78 is 1.82. The first-order valence-corrected chi connectivity index (χ1v) is 8.05. The Balaban J connectivity index is 1.72. The summed E-state index contributed by atoms with van der Waals surface area (Å²) in [5.74, 6) is -0.0667. The molecule has 0 atom stereocenters. The molecule has 3 heteroatoms. The number of carbonyl (C=O) groups is 2. The van der Waals surface area contributed by atoms with E-state index in [2.05, 4.69) is 0 Å². The number of aromatic nitrogens is 1. The number of benzene rings is 2. The van der Waals surface area contributed by atoms with Crippen LogP contribution in [0.4, 0.5) is 0 Å². The second-order valence-corrected chi connectivity index (χ2v) is 5.82. The van der Waals surface area contributed by atoms with E-state index < -0.39 is 0 Å². The van der Waals surface area contributed by atoms with Crippen LogP contribution >= 0.6 is 0 Å². The zero-order chi connectivity index (χ0) is 17.2. The number of nitrogens with zero attached hydrogens (tertiary/aromatic N) is 1. The van der Waals surface area contributed by atoms with Gasteiger partial charge in [0, 0.05) is 28.4 Å². The highest BCUT2D eigenvalue weighted by Crippen LogP contribution is 2.18. The molecule has 0 N–H and O–H groups in total. The van der Waals surface area contributed by atoms with E-state index in [4.69, 9.17) is 0 Å². The largest absolute Gasteiger partial charge is 0.314 e. The summed E-state index contributed by atoms with van der Waals surface area (Å²) in [6.07, 6.45) is 1.78. The first kappa shape index (κ1) is 15.1. The number of hydrogen-bond donors (Lipinski definition) is 0. The fraction of sp³-hybridized carbons (Fsp3) is 0. The van der Waals surface area contributed by atoms with Gasteiger partial charge in [-0.3, -0.25) is 9.59 Å². The number of pyridine rings is 1. The van der Waals surface area contributed by atoms with E-state index in [9.17, 15) is 9.59 Å². The van der Waals surface area contributed by atoms with Crippen LogP contribution in [-0.4, -0.2) is 16.0 Å². The minimum Gasteiger partial charge on any atom is -0.314 e. The summed E-state index contributed by atoms with van der Waals surface area (Å²) in [6, 6.07) is 25.6. The Kier molecular flexibility index (Phi) is 3.75. The molecule has 2 heterocycles. The van der Waals surface area contributed by atoms with Crippen LogP contribution in [0.3, 0.4) is 0 Å². The minimum atomic E-state index is -0.0391. The Morgan fingerprint density at radius 3 is 1.84 bits per heavy atom. The molecular formula is C22H15NO2. The number of rotatable bonds is 4. The maximum atomic E-state index is 12.7. The van der Waals surface area contributed by atoms with Gasteiger partial charge in [-0.1, -0.05) is 60.7 Å². The van der Waals surface area contributed by atoms with Gasteiger partial charge in [-0.2, -0.15) is 0 Å². The molecule has 0 saturated carbocycles. The third-order valence-electron chi connectivity index (χ3n) is 4.22. The third-order valence-corrected chi connectivity index (χ3v) is 4.22. The molecule has 0 radical (unpaired) electrons.